The lowest BCUT2D eigenvalue weighted by Gasteiger charge is -2.32. The third-order valence-corrected chi connectivity index (χ3v) is 3.94. The Kier molecular flexibility index (Phi) is 5.72. The van der Waals surface area contributed by atoms with Crippen molar-refractivity contribution in [1.29, 1.82) is 0 Å². The SMILES string of the molecule is CNCC1CCCN(C(=O)/C=C/c2ccc(C(N)=O)cc2)C1. The molecule has 22 heavy (non-hydrogen) atoms. The van der Waals surface area contributed by atoms with Gasteiger partial charge in [-0.05, 0) is 56.1 Å². The van der Waals surface area contributed by atoms with Gasteiger partial charge in [0.2, 0.25) is 11.8 Å². The number of nitrogens with one attached hydrogen (secondary N) is 1. The molecule has 5 nitrogen and oxygen atoms in total. The number of likely N-dealkylation sites (tertiary alicyclic amines) is 1. The Morgan fingerprint density at radius 1 is 1.36 bits per heavy atom. The predicted octanol–water partition coefficient (Wildman–Crippen LogP) is 1.26. The van der Waals surface area contributed by atoms with E-state index < -0.39 is 5.91 Å². The van der Waals surface area contributed by atoms with Crippen LogP contribution in [0, 0.1) is 5.92 Å². The van der Waals surface area contributed by atoms with Crippen molar-refractivity contribution in [2.75, 3.05) is 26.7 Å². The van der Waals surface area contributed by atoms with Gasteiger partial charge in [0, 0.05) is 24.7 Å². The Labute approximate surface area is 131 Å². The van der Waals surface area contributed by atoms with Gasteiger partial charge in [-0.15, -0.1) is 0 Å². The van der Waals surface area contributed by atoms with Crippen LogP contribution in [0.3, 0.4) is 0 Å². The minimum Gasteiger partial charge on any atom is -0.366 e. The lowest BCUT2D eigenvalue weighted by molar-refractivity contribution is -0.127. The van der Waals surface area contributed by atoms with Crippen LogP contribution < -0.4 is 11.1 Å². The average Bonchev–Trinajstić information content (AvgIpc) is 2.53. The molecule has 1 aliphatic rings. The maximum Gasteiger partial charge on any atom is 0.248 e. The number of primary amides is 1. The highest BCUT2D eigenvalue weighted by Gasteiger charge is 2.21. The minimum absolute atomic E-state index is 0.0415. The zero-order chi connectivity index (χ0) is 15.9. The highest BCUT2D eigenvalue weighted by molar-refractivity contribution is 5.94. The Hall–Kier alpha value is -2.14. The largest absolute Gasteiger partial charge is 0.366 e. The summed E-state index contributed by atoms with van der Waals surface area (Å²) in [5.41, 5.74) is 6.54. The van der Waals surface area contributed by atoms with Gasteiger partial charge in [0.25, 0.3) is 0 Å². The van der Waals surface area contributed by atoms with Gasteiger partial charge in [-0.1, -0.05) is 12.1 Å². The van der Waals surface area contributed by atoms with Crippen LogP contribution in [-0.2, 0) is 4.79 Å². The molecule has 0 saturated carbocycles. The minimum atomic E-state index is -0.449. The molecule has 0 spiro atoms. The highest BCUT2D eigenvalue weighted by Crippen LogP contribution is 2.16. The van der Waals surface area contributed by atoms with Crippen LogP contribution >= 0.6 is 0 Å². The molecule has 1 aliphatic heterocycles. The zero-order valence-corrected chi connectivity index (χ0v) is 12.9. The molecule has 118 valence electrons. The first-order chi connectivity index (χ1) is 10.6. The van der Waals surface area contributed by atoms with Gasteiger partial charge in [-0.2, -0.15) is 0 Å². The van der Waals surface area contributed by atoms with E-state index >= 15 is 0 Å². The van der Waals surface area contributed by atoms with Gasteiger partial charge >= 0.3 is 0 Å². The highest BCUT2D eigenvalue weighted by atomic mass is 16.2. The van der Waals surface area contributed by atoms with Crippen LogP contribution in [0.4, 0.5) is 0 Å². The number of piperidine rings is 1. The number of amides is 2. The van der Waals surface area contributed by atoms with E-state index in [1.54, 1.807) is 36.4 Å². The second-order valence-electron chi connectivity index (χ2n) is 5.67. The molecule has 3 N–H and O–H groups in total. The van der Waals surface area contributed by atoms with Crippen molar-refractivity contribution in [3.63, 3.8) is 0 Å². The fourth-order valence-electron chi connectivity index (χ4n) is 2.75. The van der Waals surface area contributed by atoms with Crippen molar-refractivity contribution in [2.24, 2.45) is 11.7 Å². The number of nitrogens with two attached hydrogens (primary N) is 1. The molecule has 0 aliphatic carbocycles. The Balaban J connectivity index is 1.94. The van der Waals surface area contributed by atoms with E-state index in [0.29, 0.717) is 11.5 Å². The van der Waals surface area contributed by atoms with Gasteiger partial charge in [-0.25, -0.2) is 0 Å². The molecule has 1 saturated heterocycles. The molecule has 1 fully saturated rings. The van der Waals surface area contributed by atoms with E-state index in [1.165, 1.54) is 6.42 Å². The molecule has 1 aromatic rings. The first-order valence-electron chi connectivity index (χ1n) is 7.61. The number of rotatable bonds is 5. The number of carbonyl (C=O) groups is 2. The van der Waals surface area contributed by atoms with E-state index in [2.05, 4.69) is 5.32 Å². The Bertz CT molecular complexity index is 550. The van der Waals surface area contributed by atoms with Crippen molar-refractivity contribution in [2.45, 2.75) is 12.8 Å². The Morgan fingerprint density at radius 3 is 2.73 bits per heavy atom. The molecule has 5 heteroatoms. The Morgan fingerprint density at radius 2 is 2.09 bits per heavy atom. The summed E-state index contributed by atoms with van der Waals surface area (Å²) < 4.78 is 0. The maximum absolute atomic E-state index is 12.2. The van der Waals surface area contributed by atoms with Crippen molar-refractivity contribution in [1.82, 2.24) is 10.2 Å². The first-order valence-corrected chi connectivity index (χ1v) is 7.61. The summed E-state index contributed by atoms with van der Waals surface area (Å²) in [5, 5.41) is 3.18. The molecule has 0 aromatic heterocycles. The number of hydrogen-bond donors (Lipinski definition) is 2. The zero-order valence-electron chi connectivity index (χ0n) is 12.9. The molecule has 1 aromatic carbocycles. The topological polar surface area (TPSA) is 75.4 Å². The van der Waals surface area contributed by atoms with E-state index in [0.717, 1.165) is 31.6 Å². The molecule has 1 unspecified atom stereocenters. The lowest BCUT2D eigenvalue weighted by Crippen LogP contribution is -2.41. The second kappa shape index (κ2) is 7.75. The standard InChI is InChI=1S/C17H23N3O2/c1-19-11-14-3-2-10-20(12-14)16(21)9-6-13-4-7-15(8-5-13)17(18)22/h4-9,14,19H,2-3,10-12H2,1H3,(H2,18,22)/b9-6+. The lowest BCUT2D eigenvalue weighted by atomic mass is 9.98. The van der Waals surface area contributed by atoms with Crippen LogP contribution in [0.15, 0.2) is 30.3 Å². The van der Waals surface area contributed by atoms with Crippen LogP contribution in [0.2, 0.25) is 0 Å². The van der Waals surface area contributed by atoms with Crippen molar-refractivity contribution < 1.29 is 9.59 Å². The summed E-state index contributed by atoms with van der Waals surface area (Å²) in [7, 11) is 1.94. The van der Waals surface area contributed by atoms with E-state index in [9.17, 15) is 9.59 Å². The summed E-state index contributed by atoms with van der Waals surface area (Å²) in [6.07, 6.45) is 5.60. The van der Waals surface area contributed by atoms with E-state index in [4.69, 9.17) is 5.73 Å². The monoisotopic (exact) mass is 301 g/mol. The normalized spacial score (nSPS) is 18.6. The summed E-state index contributed by atoms with van der Waals surface area (Å²) in [6, 6.07) is 6.89. The third-order valence-electron chi connectivity index (χ3n) is 3.94. The van der Waals surface area contributed by atoms with Gasteiger partial charge in [0.05, 0.1) is 0 Å². The molecular formula is C17H23N3O2. The molecule has 2 rings (SSSR count). The third kappa shape index (κ3) is 4.43. The number of carbonyl (C=O) groups excluding carboxylic acids is 2. The number of benzene rings is 1. The molecule has 2 amide bonds. The maximum atomic E-state index is 12.2. The molecule has 1 atom stereocenters. The predicted molar refractivity (Wildman–Crippen MR) is 87.2 cm³/mol. The summed E-state index contributed by atoms with van der Waals surface area (Å²) in [6.45, 7) is 2.58. The molecular weight excluding hydrogens is 278 g/mol. The summed E-state index contributed by atoms with van der Waals surface area (Å²) >= 11 is 0. The summed E-state index contributed by atoms with van der Waals surface area (Å²) in [4.78, 5) is 25.2. The molecule has 0 radical (unpaired) electrons. The smallest absolute Gasteiger partial charge is 0.248 e. The number of hydrogen-bond acceptors (Lipinski definition) is 3. The van der Waals surface area contributed by atoms with Crippen molar-refractivity contribution in [3.05, 3.63) is 41.5 Å². The summed E-state index contributed by atoms with van der Waals surface area (Å²) in [5.74, 6) is 0.126. The van der Waals surface area contributed by atoms with Crippen LogP contribution in [-0.4, -0.2) is 43.4 Å². The van der Waals surface area contributed by atoms with Crippen LogP contribution in [0.5, 0.6) is 0 Å². The van der Waals surface area contributed by atoms with Gasteiger partial charge < -0.3 is 16.0 Å². The van der Waals surface area contributed by atoms with Crippen LogP contribution in [0.25, 0.3) is 6.08 Å². The quantitative estimate of drug-likeness (QED) is 0.804. The molecule has 1 heterocycles. The fourth-order valence-corrected chi connectivity index (χ4v) is 2.75. The van der Waals surface area contributed by atoms with E-state index in [1.807, 2.05) is 11.9 Å². The van der Waals surface area contributed by atoms with Gasteiger partial charge in [0.1, 0.15) is 0 Å². The fraction of sp³-hybridized carbons (Fsp3) is 0.412. The van der Waals surface area contributed by atoms with E-state index in [-0.39, 0.29) is 5.91 Å². The number of nitrogens with zero attached hydrogens (tertiary/aromatic N) is 1. The van der Waals surface area contributed by atoms with Gasteiger partial charge in [0.15, 0.2) is 0 Å². The van der Waals surface area contributed by atoms with Crippen molar-refractivity contribution >= 4 is 17.9 Å². The second-order valence-corrected chi connectivity index (χ2v) is 5.67. The van der Waals surface area contributed by atoms with Crippen molar-refractivity contribution in [3.8, 4) is 0 Å². The van der Waals surface area contributed by atoms with Gasteiger partial charge in [-0.3, -0.25) is 9.59 Å². The molecule has 0 bridgehead atoms. The van der Waals surface area contributed by atoms with Crippen LogP contribution in [0.1, 0.15) is 28.8 Å². The first kappa shape index (κ1) is 16.2. The average molecular weight is 301 g/mol.